The Hall–Kier alpha value is -2.77. The van der Waals surface area contributed by atoms with Crippen LogP contribution in [-0.4, -0.2) is 22.4 Å². The molecule has 0 bridgehead atoms. The number of nitro groups is 2. The third-order valence-electron chi connectivity index (χ3n) is 5.74. The van der Waals surface area contributed by atoms with Crippen LogP contribution in [-0.2, 0) is 4.74 Å². The quantitative estimate of drug-likeness (QED) is 0.341. The van der Waals surface area contributed by atoms with E-state index in [1.165, 1.54) is 5.57 Å². The Morgan fingerprint density at radius 3 is 2.31 bits per heavy atom. The summed E-state index contributed by atoms with van der Waals surface area (Å²) in [4.78, 5) is 32.6. The van der Waals surface area contributed by atoms with E-state index < -0.39 is 27.2 Å². The van der Waals surface area contributed by atoms with Crippen molar-refractivity contribution in [2.75, 3.05) is 6.61 Å². The average Bonchev–Trinajstić information content (AvgIpc) is 3.11. The molecule has 0 unspecified atom stereocenters. The van der Waals surface area contributed by atoms with Crippen LogP contribution in [0.3, 0.4) is 0 Å². The maximum absolute atomic E-state index is 12.3. The number of allylic oxidation sites excluding steroid dienone is 1. The third-order valence-corrected chi connectivity index (χ3v) is 5.74. The van der Waals surface area contributed by atoms with Gasteiger partial charge in [-0.2, -0.15) is 0 Å². The van der Waals surface area contributed by atoms with Crippen molar-refractivity contribution in [1.29, 1.82) is 0 Å². The molecule has 138 valence electrons. The van der Waals surface area contributed by atoms with Crippen LogP contribution in [0.1, 0.15) is 37.6 Å². The monoisotopic (exact) mass is 360 g/mol. The van der Waals surface area contributed by atoms with E-state index in [2.05, 4.69) is 19.9 Å². The summed E-state index contributed by atoms with van der Waals surface area (Å²) in [5.41, 5.74) is 0.244. The molecule has 2 aliphatic carbocycles. The molecule has 8 heteroatoms. The number of esters is 1. The van der Waals surface area contributed by atoms with Gasteiger partial charge >= 0.3 is 5.97 Å². The van der Waals surface area contributed by atoms with E-state index >= 15 is 0 Å². The normalized spacial score (nSPS) is 25.7. The van der Waals surface area contributed by atoms with Gasteiger partial charge in [0, 0.05) is 18.1 Å². The highest BCUT2D eigenvalue weighted by atomic mass is 16.6. The van der Waals surface area contributed by atoms with Gasteiger partial charge < -0.3 is 4.74 Å². The van der Waals surface area contributed by atoms with Crippen molar-refractivity contribution in [3.8, 4) is 0 Å². The summed E-state index contributed by atoms with van der Waals surface area (Å²) in [7, 11) is 0. The number of non-ortho nitro benzene ring substituents is 2. The average molecular weight is 360 g/mol. The molecule has 1 fully saturated rings. The molecule has 1 aromatic rings. The zero-order valence-corrected chi connectivity index (χ0v) is 14.8. The molecule has 0 spiro atoms. The first-order valence-corrected chi connectivity index (χ1v) is 8.40. The molecule has 0 heterocycles. The number of hydrogen-bond acceptors (Lipinski definition) is 6. The number of nitrogens with zero attached hydrogens (tertiary/aromatic N) is 2. The summed E-state index contributed by atoms with van der Waals surface area (Å²) in [6.07, 6.45) is 3.17. The van der Waals surface area contributed by atoms with Gasteiger partial charge in [-0.25, -0.2) is 4.79 Å². The van der Waals surface area contributed by atoms with Gasteiger partial charge in [-0.05, 0) is 30.6 Å². The second-order valence-electron chi connectivity index (χ2n) is 7.65. The molecular formula is C18H20N2O6. The summed E-state index contributed by atoms with van der Waals surface area (Å²) >= 11 is 0. The Morgan fingerprint density at radius 2 is 1.77 bits per heavy atom. The third kappa shape index (κ3) is 3.18. The molecule has 3 atom stereocenters. The van der Waals surface area contributed by atoms with Crippen molar-refractivity contribution in [2.45, 2.75) is 27.2 Å². The van der Waals surface area contributed by atoms with Gasteiger partial charge in [0.25, 0.3) is 11.4 Å². The molecule has 26 heavy (non-hydrogen) atoms. The highest BCUT2D eigenvalue weighted by molar-refractivity contribution is 5.91. The first-order valence-electron chi connectivity index (χ1n) is 8.40. The van der Waals surface area contributed by atoms with Crippen LogP contribution >= 0.6 is 0 Å². The first kappa shape index (κ1) is 18.0. The van der Waals surface area contributed by atoms with Crippen LogP contribution in [0.25, 0.3) is 0 Å². The molecule has 2 aliphatic rings. The number of nitro benzene ring substituents is 2. The Labute approximate surface area is 150 Å². The number of benzene rings is 1. The molecule has 1 aromatic carbocycles. The second-order valence-corrected chi connectivity index (χ2v) is 7.65. The predicted octanol–water partition coefficient (Wildman–Crippen LogP) is 3.90. The fourth-order valence-electron chi connectivity index (χ4n) is 3.86. The lowest BCUT2D eigenvalue weighted by Gasteiger charge is -2.21. The number of ether oxygens (including phenoxy) is 1. The molecule has 0 N–H and O–H groups in total. The number of hydrogen-bond donors (Lipinski definition) is 0. The molecule has 3 rings (SSSR count). The van der Waals surface area contributed by atoms with Crippen LogP contribution in [0.2, 0.25) is 0 Å². The van der Waals surface area contributed by atoms with Crippen LogP contribution in [0, 0.1) is 43.4 Å². The van der Waals surface area contributed by atoms with Gasteiger partial charge in [-0.15, -0.1) is 0 Å². The van der Waals surface area contributed by atoms with E-state index in [-0.39, 0.29) is 23.5 Å². The summed E-state index contributed by atoms with van der Waals surface area (Å²) in [5.74, 6) is 0.472. The lowest BCUT2D eigenvalue weighted by atomic mass is 9.89. The molecule has 0 saturated heterocycles. The zero-order valence-electron chi connectivity index (χ0n) is 14.8. The molecule has 8 nitrogen and oxygen atoms in total. The lowest BCUT2D eigenvalue weighted by molar-refractivity contribution is -0.394. The minimum atomic E-state index is -0.790. The molecule has 0 radical (unpaired) electrons. The van der Waals surface area contributed by atoms with Gasteiger partial charge in [-0.3, -0.25) is 20.2 Å². The van der Waals surface area contributed by atoms with E-state index in [1.807, 2.05) is 6.92 Å². The summed E-state index contributed by atoms with van der Waals surface area (Å²) in [6, 6.07) is 2.82. The van der Waals surface area contributed by atoms with Crippen LogP contribution in [0.4, 0.5) is 11.4 Å². The molecule has 0 amide bonds. The fraction of sp³-hybridized carbons (Fsp3) is 0.500. The smallest absolute Gasteiger partial charge is 0.338 e. The van der Waals surface area contributed by atoms with Gasteiger partial charge in [-0.1, -0.05) is 25.5 Å². The Morgan fingerprint density at radius 1 is 1.19 bits per heavy atom. The van der Waals surface area contributed by atoms with Crippen molar-refractivity contribution < 1.29 is 19.4 Å². The van der Waals surface area contributed by atoms with Gasteiger partial charge in [0.05, 0.1) is 28.1 Å². The van der Waals surface area contributed by atoms with E-state index in [0.29, 0.717) is 11.8 Å². The van der Waals surface area contributed by atoms with Crippen molar-refractivity contribution in [3.05, 3.63) is 55.6 Å². The van der Waals surface area contributed by atoms with Crippen molar-refractivity contribution in [3.63, 3.8) is 0 Å². The minimum absolute atomic E-state index is 0.107. The standard InChI is InChI=1S/C18H20N2O6/c1-10-4-15-16(18(15,2)3)7-12(10)9-26-17(21)11-5-13(19(22)23)8-14(6-11)20(24)25/h4-6,8,12,15-16H,7,9H2,1-3H3/t12-,15-,16+/m1/s1. The zero-order chi connectivity index (χ0) is 19.2. The van der Waals surface area contributed by atoms with Crippen LogP contribution < -0.4 is 0 Å². The SMILES string of the molecule is CC1=C[C@@H]2[C@H](C[C@@H]1COC(=O)c1cc([N+](=O)[O-])cc([N+](=O)[O-])c1)C2(C)C. The van der Waals surface area contributed by atoms with E-state index in [9.17, 15) is 25.0 Å². The van der Waals surface area contributed by atoms with Crippen molar-refractivity contribution in [2.24, 2.45) is 23.2 Å². The molecule has 0 aromatic heterocycles. The fourth-order valence-corrected chi connectivity index (χ4v) is 3.86. The van der Waals surface area contributed by atoms with Gasteiger partial charge in [0.15, 0.2) is 0 Å². The van der Waals surface area contributed by atoms with E-state index in [4.69, 9.17) is 4.74 Å². The lowest BCUT2D eigenvalue weighted by Crippen LogP contribution is -2.18. The van der Waals surface area contributed by atoms with Gasteiger partial charge in [0.1, 0.15) is 0 Å². The highest BCUT2D eigenvalue weighted by Gasteiger charge is 2.58. The number of carbonyl (C=O) groups excluding carboxylic acids is 1. The number of carbonyl (C=O) groups is 1. The summed E-state index contributed by atoms with van der Waals surface area (Å²) in [6.45, 7) is 6.63. The topological polar surface area (TPSA) is 113 Å². The first-order chi connectivity index (χ1) is 12.1. The number of fused-ring (bicyclic) bond motifs is 1. The molecule has 0 aliphatic heterocycles. The van der Waals surface area contributed by atoms with Crippen LogP contribution in [0.15, 0.2) is 29.8 Å². The largest absolute Gasteiger partial charge is 0.461 e. The Bertz CT molecular complexity index is 797. The minimum Gasteiger partial charge on any atom is -0.461 e. The van der Waals surface area contributed by atoms with Crippen molar-refractivity contribution in [1.82, 2.24) is 0 Å². The van der Waals surface area contributed by atoms with Crippen molar-refractivity contribution >= 4 is 17.3 Å². The Balaban J connectivity index is 1.71. The molecule has 1 saturated carbocycles. The van der Waals surface area contributed by atoms with E-state index in [0.717, 1.165) is 24.6 Å². The number of rotatable bonds is 5. The molecular weight excluding hydrogens is 340 g/mol. The second kappa shape index (κ2) is 6.19. The maximum atomic E-state index is 12.3. The highest BCUT2D eigenvalue weighted by Crippen LogP contribution is 2.64. The van der Waals surface area contributed by atoms with E-state index in [1.54, 1.807) is 0 Å². The summed E-state index contributed by atoms with van der Waals surface area (Å²) in [5, 5.41) is 21.8. The maximum Gasteiger partial charge on any atom is 0.338 e. The predicted molar refractivity (Wildman–Crippen MR) is 92.7 cm³/mol. The van der Waals surface area contributed by atoms with Gasteiger partial charge in [0.2, 0.25) is 0 Å². The van der Waals surface area contributed by atoms with Crippen LogP contribution in [0.5, 0.6) is 0 Å². The summed E-state index contributed by atoms with van der Waals surface area (Å²) < 4.78 is 5.32. The Kier molecular flexibility index (Phi) is 4.29.